The molecule has 0 unspecified atom stereocenters. The Morgan fingerprint density at radius 1 is 1.26 bits per heavy atom. The van der Waals surface area contributed by atoms with Crippen LogP contribution < -0.4 is 15.4 Å². The van der Waals surface area contributed by atoms with Crippen LogP contribution in [0.15, 0.2) is 12.1 Å². The van der Waals surface area contributed by atoms with Gasteiger partial charge < -0.3 is 15.4 Å². The standard InChI is InChI=1S/C15H23FN2O/c1-15(2)5-4-7-18(8-6-15)13-10-14(19-3)11(16)9-12(13)17/h9-10H,4-8,17H2,1-3H3. The number of nitrogens with zero attached hydrogens (tertiary/aromatic N) is 1. The summed E-state index contributed by atoms with van der Waals surface area (Å²) in [6, 6.07) is 3.06. The molecule has 0 atom stereocenters. The van der Waals surface area contributed by atoms with Crippen molar-refractivity contribution in [1.82, 2.24) is 0 Å². The number of hydrogen-bond acceptors (Lipinski definition) is 3. The van der Waals surface area contributed by atoms with Gasteiger partial charge in [0.15, 0.2) is 11.6 Å². The van der Waals surface area contributed by atoms with Crippen LogP contribution in [0.4, 0.5) is 15.8 Å². The van der Waals surface area contributed by atoms with Gasteiger partial charge in [-0.1, -0.05) is 13.8 Å². The lowest BCUT2D eigenvalue weighted by Gasteiger charge is -2.26. The van der Waals surface area contributed by atoms with Crippen molar-refractivity contribution in [2.75, 3.05) is 30.8 Å². The first-order valence-electron chi connectivity index (χ1n) is 6.81. The molecule has 1 saturated heterocycles. The van der Waals surface area contributed by atoms with Crippen molar-refractivity contribution in [1.29, 1.82) is 0 Å². The number of ether oxygens (including phenoxy) is 1. The number of anilines is 2. The van der Waals surface area contributed by atoms with Gasteiger partial charge in [0.05, 0.1) is 18.5 Å². The number of nitrogen functional groups attached to an aromatic ring is 1. The monoisotopic (exact) mass is 266 g/mol. The average Bonchev–Trinajstić information content (AvgIpc) is 2.51. The van der Waals surface area contributed by atoms with Crippen molar-refractivity contribution >= 4 is 11.4 Å². The van der Waals surface area contributed by atoms with Crippen LogP contribution in [0.25, 0.3) is 0 Å². The SMILES string of the molecule is COc1cc(N2CCCC(C)(C)CC2)c(N)cc1F. The molecule has 106 valence electrons. The minimum atomic E-state index is -0.404. The van der Waals surface area contributed by atoms with E-state index in [1.807, 2.05) is 0 Å². The molecule has 0 aliphatic carbocycles. The highest BCUT2D eigenvalue weighted by Crippen LogP contribution is 2.35. The van der Waals surface area contributed by atoms with Gasteiger partial charge in [0.1, 0.15) is 0 Å². The molecule has 4 heteroatoms. The number of nitrogens with two attached hydrogens (primary N) is 1. The lowest BCUT2D eigenvalue weighted by molar-refractivity contribution is 0.325. The molecule has 1 aliphatic heterocycles. The van der Waals surface area contributed by atoms with Crippen molar-refractivity contribution in [3.63, 3.8) is 0 Å². The molecule has 1 aliphatic rings. The Kier molecular flexibility index (Phi) is 3.88. The Morgan fingerprint density at radius 3 is 2.68 bits per heavy atom. The van der Waals surface area contributed by atoms with Crippen molar-refractivity contribution in [2.24, 2.45) is 5.41 Å². The van der Waals surface area contributed by atoms with Crippen LogP contribution in [-0.2, 0) is 0 Å². The van der Waals surface area contributed by atoms with E-state index in [1.54, 1.807) is 6.07 Å². The normalized spacial score (nSPS) is 19.1. The molecule has 1 aromatic rings. The second-order valence-corrected chi connectivity index (χ2v) is 6.05. The molecule has 3 nitrogen and oxygen atoms in total. The topological polar surface area (TPSA) is 38.5 Å². The Morgan fingerprint density at radius 2 is 2.00 bits per heavy atom. The van der Waals surface area contributed by atoms with Crippen LogP contribution in [-0.4, -0.2) is 20.2 Å². The first kappa shape index (κ1) is 14.0. The summed E-state index contributed by atoms with van der Waals surface area (Å²) in [5.74, 6) is -0.147. The second-order valence-electron chi connectivity index (χ2n) is 6.05. The molecule has 0 amide bonds. The summed E-state index contributed by atoms with van der Waals surface area (Å²) in [7, 11) is 1.48. The number of methoxy groups -OCH3 is 1. The third-order valence-electron chi connectivity index (χ3n) is 3.98. The third-order valence-corrected chi connectivity index (χ3v) is 3.98. The highest BCUT2D eigenvalue weighted by molar-refractivity contribution is 5.70. The van der Waals surface area contributed by atoms with E-state index < -0.39 is 5.82 Å². The van der Waals surface area contributed by atoms with Crippen LogP contribution in [0.1, 0.15) is 33.1 Å². The fraction of sp³-hybridized carbons (Fsp3) is 0.600. The molecule has 1 heterocycles. The Labute approximate surface area is 114 Å². The summed E-state index contributed by atoms with van der Waals surface area (Å²) < 4.78 is 18.6. The number of benzene rings is 1. The molecule has 0 bridgehead atoms. The van der Waals surface area contributed by atoms with Gasteiger partial charge in [-0.15, -0.1) is 0 Å². The zero-order chi connectivity index (χ0) is 14.0. The van der Waals surface area contributed by atoms with E-state index in [1.165, 1.54) is 19.6 Å². The van der Waals surface area contributed by atoms with Crippen molar-refractivity contribution in [3.8, 4) is 5.75 Å². The third kappa shape index (κ3) is 3.11. The lowest BCUT2D eigenvalue weighted by Crippen LogP contribution is -2.26. The predicted molar refractivity (Wildman–Crippen MR) is 77.2 cm³/mol. The predicted octanol–water partition coefficient (Wildman–Crippen LogP) is 3.43. The minimum Gasteiger partial charge on any atom is -0.494 e. The Bertz CT molecular complexity index is 460. The zero-order valence-electron chi connectivity index (χ0n) is 12.0. The number of halogens is 1. The van der Waals surface area contributed by atoms with E-state index in [9.17, 15) is 4.39 Å². The smallest absolute Gasteiger partial charge is 0.167 e. The summed E-state index contributed by atoms with van der Waals surface area (Å²) in [5.41, 5.74) is 7.70. The number of hydrogen-bond donors (Lipinski definition) is 1. The van der Waals surface area contributed by atoms with E-state index in [-0.39, 0.29) is 5.75 Å². The first-order chi connectivity index (χ1) is 8.93. The van der Waals surface area contributed by atoms with Gasteiger partial charge in [-0.25, -0.2) is 4.39 Å². The van der Waals surface area contributed by atoms with Crippen LogP contribution in [0.3, 0.4) is 0 Å². The van der Waals surface area contributed by atoms with E-state index >= 15 is 0 Å². The van der Waals surface area contributed by atoms with Gasteiger partial charge in [-0.3, -0.25) is 0 Å². The van der Waals surface area contributed by atoms with Crippen LogP contribution >= 0.6 is 0 Å². The van der Waals surface area contributed by atoms with Crippen LogP contribution in [0.5, 0.6) is 5.75 Å². The number of rotatable bonds is 2. The van der Waals surface area contributed by atoms with Gasteiger partial charge in [-0.05, 0) is 24.7 Å². The molecule has 1 fully saturated rings. The van der Waals surface area contributed by atoms with E-state index in [4.69, 9.17) is 10.5 Å². The van der Waals surface area contributed by atoms with Crippen molar-refractivity contribution in [2.45, 2.75) is 33.1 Å². The van der Waals surface area contributed by atoms with Crippen molar-refractivity contribution in [3.05, 3.63) is 17.9 Å². The highest BCUT2D eigenvalue weighted by Gasteiger charge is 2.24. The quantitative estimate of drug-likeness (QED) is 0.833. The van der Waals surface area contributed by atoms with Gasteiger partial charge in [-0.2, -0.15) is 0 Å². The zero-order valence-corrected chi connectivity index (χ0v) is 12.0. The maximum absolute atomic E-state index is 13.6. The molecule has 19 heavy (non-hydrogen) atoms. The highest BCUT2D eigenvalue weighted by atomic mass is 19.1. The largest absolute Gasteiger partial charge is 0.494 e. The molecule has 2 rings (SSSR count). The molecule has 0 spiro atoms. The minimum absolute atomic E-state index is 0.257. The maximum Gasteiger partial charge on any atom is 0.167 e. The molecular weight excluding hydrogens is 243 g/mol. The Hall–Kier alpha value is -1.45. The van der Waals surface area contributed by atoms with E-state index in [0.717, 1.165) is 31.6 Å². The Balaban J connectivity index is 2.26. The van der Waals surface area contributed by atoms with E-state index in [0.29, 0.717) is 11.1 Å². The van der Waals surface area contributed by atoms with Gasteiger partial charge in [0, 0.05) is 25.2 Å². The lowest BCUT2D eigenvalue weighted by atomic mass is 9.85. The maximum atomic E-state index is 13.6. The molecular formula is C15H23FN2O. The molecule has 1 aromatic carbocycles. The van der Waals surface area contributed by atoms with Crippen LogP contribution in [0, 0.1) is 11.2 Å². The van der Waals surface area contributed by atoms with E-state index in [2.05, 4.69) is 18.7 Å². The van der Waals surface area contributed by atoms with Crippen LogP contribution in [0.2, 0.25) is 0 Å². The molecule has 2 N–H and O–H groups in total. The van der Waals surface area contributed by atoms with Gasteiger partial charge in [0.25, 0.3) is 0 Å². The fourth-order valence-corrected chi connectivity index (χ4v) is 2.65. The van der Waals surface area contributed by atoms with Crippen molar-refractivity contribution < 1.29 is 9.13 Å². The summed E-state index contributed by atoms with van der Waals surface area (Å²) in [5, 5.41) is 0. The molecule has 0 saturated carbocycles. The summed E-state index contributed by atoms with van der Waals surface area (Å²) in [6.45, 7) is 6.50. The summed E-state index contributed by atoms with van der Waals surface area (Å²) >= 11 is 0. The molecule has 0 aromatic heterocycles. The summed E-state index contributed by atoms with van der Waals surface area (Å²) in [6.07, 6.45) is 3.46. The van der Waals surface area contributed by atoms with Gasteiger partial charge >= 0.3 is 0 Å². The first-order valence-corrected chi connectivity index (χ1v) is 6.81. The molecule has 0 radical (unpaired) electrons. The fourth-order valence-electron chi connectivity index (χ4n) is 2.65. The van der Waals surface area contributed by atoms with Gasteiger partial charge in [0.2, 0.25) is 0 Å². The summed E-state index contributed by atoms with van der Waals surface area (Å²) in [4.78, 5) is 2.24. The second kappa shape index (κ2) is 5.27. The average molecular weight is 266 g/mol.